The minimum absolute atomic E-state index is 0.0581. The van der Waals surface area contributed by atoms with Crippen LogP contribution in [0.1, 0.15) is 50.4 Å². The number of carboxylic acid groups (broad SMARTS) is 1. The lowest BCUT2D eigenvalue weighted by Gasteiger charge is -2.31. The summed E-state index contributed by atoms with van der Waals surface area (Å²) in [6.07, 6.45) is 2.26. The molecular formula is C15H21FN2O3. The molecule has 5 nitrogen and oxygen atoms in total. The second-order valence-corrected chi connectivity index (χ2v) is 4.92. The van der Waals surface area contributed by atoms with Crippen molar-refractivity contribution >= 4 is 17.7 Å². The van der Waals surface area contributed by atoms with E-state index in [1.165, 1.54) is 0 Å². The fourth-order valence-corrected chi connectivity index (χ4v) is 2.22. The van der Waals surface area contributed by atoms with Crippen LogP contribution in [0.5, 0.6) is 0 Å². The monoisotopic (exact) mass is 296 g/mol. The fraction of sp³-hybridized carbons (Fsp3) is 0.467. The van der Waals surface area contributed by atoms with Crippen molar-refractivity contribution in [2.24, 2.45) is 0 Å². The largest absolute Gasteiger partial charge is 0.478 e. The van der Waals surface area contributed by atoms with E-state index < -0.39 is 17.8 Å². The van der Waals surface area contributed by atoms with E-state index in [9.17, 15) is 14.0 Å². The van der Waals surface area contributed by atoms with Crippen LogP contribution < -0.4 is 10.6 Å². The van der Waals surface area contributed by atoms with Gasteiger partial charge >= 0.3 is 12.0 Å². The van der Waals surface area contributed by atoms with E-state index in [1.807, 2.05) is 20.8 Å². The number of halogens is 1. The summed E-state index contributed by atoms with van der Waals surface area (Å²) in [6, 6.07) is 2.63. The Morgan fingerprint density at radius 1 is 1.19 bits per heavy atom. The molecule has 6 heteroatoms. The summed E-state index contributed by atoms with van der Waals surface area (Å²) in [7, 11) is 0. The molecule has 0 saturated heterocycles. The number of hydrogen-bond donors (Lipinski definition) is 3. The average molecular weight is 296 g/mol. The number of urea groups is 1. The Morgan fingerprint density at radius 3 is 2.24 bits per heavy atom. The minimum Gasteiger partial charge on any atom is -0.478 e. The number of benzene rings is 1. The first kappa shape index (κ1) is 16.9. The van der Waals surface area contributed by atoms with Gasteiger partial charge < -0.3 is 15.7 Å². The summed E-state index contributed by atoms with van der Waals surface area (Å²) in [5.41, 5.74) is -0.556. The van der Waals surface area contributed by atoms with Crippen molar-refractivity contribution in [3.8, 4) is 0 Å². The van der Waals surface area contributed by atoms with Gasteiger partial charge in [-0.25, -0.2) is 14.0 Å². The van der Waals surface area contributed by atoms with Crippen LogP contribution in [-0.4, -0.2) is 22.6 Å². The van der Waals surface area contributed by atoms with Gasteiger partial charge in [0.05, 0.1) is 11.3 Å². The second kappa shape index (κ2) is 7.06. The van der Waals surface area contributed by atoms with Gasteiger partial charge in [-0.05, 0) is 37.5 Å². The predicted molar refractivity (Wildman–Crippen MR) is 79.1 cm³/mol. The Morgan fingerprint density at radius 2 is 1.76 bits per heavy atom. The third-order valence-corrected chi connectivity index (χ3v) is 3.87. The molecule has 3 N–H and O–H groups in total. The highest BCUT2D eigenvalue weighted by molar-refractivity contribution is 6.00. The molecule has 1 rings (SSSR count). The van der Waals surface area contributed by atoms with E-state index in [-0.39, 0.29) is 16.8 Å². The summed E-state index contributed by atoms with van der Waals surface area (Å²) >= 11 is 0. The van der Waals surface area contributed by atoms with Crippen molar-refractivity contribution in [2.45, 2.75) is 45.6 Å². The number of carboxylic acids is 1. The standard InChI is InChI=1S/C15H21FN2O3/c1-4-15(5-2,6-3)18-14(21)17-12-9-10(16)7-8-11(12)13(19)20/h7-9H,4-6H2,1-3H3,(H,19,20)(H2,17,18,21). The Kier molecular flexibility index (Phi) is 5.69. The smallest absolute Gasteiger partial charge is 0.337 e. The van der Waals surface area contributed by atoms with E-state index in [2.05, 4.69) is 10.6 Å². The highest BCUT2D eigenvalue weighted by atomic mass is 19.1. The van der Waals surface area contributed by atoms with Gasteiger partial charge in [0.2, 0.25) is 0 Å². The first-order chi connectivity index (χ1) is 9.87. The topological polar surface area (TPSA) is 78.4 Å². The minimum atomic E-state index is -1.22. The van der Waals surface area contributed by atoms with E-state index in [0.29, 0.717) is 0 Å². The summed E-state index contributed by atoms with van der Waals surface area (Å²) in [5, 5.41) is 14.3. The fourth-order valence-electron chi connectivity index (χ4n) is 2.22. The maximum atomic E-state index is 13.2. The molecule has 0 bridgehead atoms. The van der Waals surface area contributed by atoms with Gasteiger partial charge in [0.1, 0.15) is 5.82 Å². The molecule has 0 aromatic heterocycles. The number of carbonyl (C=O) groups is 2. The van der Waals surface area contributed by atoms with Gasteiger partial charge in [-0.3, -0.25) is 0 Å². The Bertz CT molecular complexity index is 519. The van der Waals surface area contributed by atoms with Crippen LogP contribution in [0.4, 0.5) is 14.9 Å². The zero-order valence-electron chi connectivity index (χ0n) is 12.5. The molecule has 21 heavy (non-hydrogen) atoms. The quantitative estimate of drug-likeness (QED) is 0.750. The zero-order valence-corrected chi connectivity index (χ0v) is 12.5. The lowest BCUT2D eigenvalue weighted by Crippen LogP contribution is -2.49. The number of rotatable bonds is 6. The molecule has 0 spiro atoms. The third-order valence-electron chi connectivity index (χ3n) is 3.87. The number of nitrogens with one attached hydrogen (secondary N) is 2. The Balaban J connectivity index is 2.93. The molecule has 0 heterocycles. The van der Waals surface area contributed by atoms with Crippen LogP contribution in [0, 0.1) is 5.82 Å². The first-order valence-electron chi connectivity index (χ1n) is 6.99. The Hall–Kier alpha value is -2.11. The van der Waals surface area contributed by atoms with Crippen molar-refractivity contribution in [3.63, 3.8) is 0 Å². The molecule has 0 atom stereocenters. The lowest BCUT2D eigenvalue weighted by atomic mass is 9.90. The van der Waals surface area contributed by atoms with Crippen LogP contribution in [-0.2, 0) is 0 Å². The van der Waals surface area contributed by atoms with Crippen molar-refractivity contribution in [2.75, 3.05) is 5.32 Å². The van der Waals surface area contributed by atoms with Crippen LogP contribution in [0.2, 0.25) is 0 Å². The third kappa shape index (κ3) is 4.18. The van der Waals surface area contributed by atoms with Crippen molar-refractivity contribution < 1.29 is 19.1 Å². The SMILES string of the molecule is CCC(CC)(CC)NC(=O)Nc1cc(F)ccc1C(=O)O. The number of aromatic carboxylic acids is 1. The molecule has 0 radical (unpaired) electrons. The molecule has 2 amide bonds. The van der Waals surface area contributed by atoms with Crippen LogP contribution >= 0.6 is 0 Å². The molecule has 1 aromatic rings. The van der Waals surface area contributed by atoms with Crippen molar-refractivity contribution in [1.29, 1.82) is 0 Å². The Labute approximate surface area is 123 Å². The highest BCUT2D eigenvalue weighted by Crippen LogP contribution is 2.21. The van der Waals surface area contributed by atoms with Gasteiger partial charge in [0.25, 0.3) is 0 Å². The normalized spacial score (nSPS) is 11.0. The molecule has 0 aliphatic heterocycles. The summed E-state index contributed by atoms with van der Waals surface area (Å²) < 4.78 is 13.2. The molecular weight excluding hydrogens is 275 g/mol. The zero-order chi connectivity index (χ0) is 16.0. The van der Waals surface area contributed by atoms with E-state index in [1.54, 1.807) is 0 Å². The number of anilines is 1. The molecule has 0 unspecified atom stereocenters. The first-order valence-corrected chi connectivity index (χ1v) is 6.99. The molecule has 116 valence electrons. The maximum absolute atomic E-state index is 13.2. The molecule has 0 aliphatic carbocycles. The maximum Gasteiger partial charge on any atom is 0.337 e. The van der Waals surface area contributed by atoms with E-state index in [0.717, 1.165) is 37.5 Å². The number of amides is 2. The van der Waals surface area contributed by atoms with Gasteiger partial charge in [0.15, 0.2) is 0 Å². The highest BCUT2D eigenvalue weighted by Gasteiger charge is 2.26. The average Bonchev–Trinajstić information content (AvgIpc) is 2.44. The van der Waals surface area contributed by atoms with Crippen LogP contribution in [0.3, 0.4) is 0 Å². The van der Waals surface area contributed by atoms with E-state index >= 15 is 0 Å². The van der Waals surface area contributed by atoms with Gasteiger partial charge in [-0.2, -0.15) is 0 Å². The van der Waals surface area contributed by atoms with Gasteiger partial charge in [-0.15, -0.1) is 0 Å². The summed E-state index contributed by atoms with van der Waals surface area (Å²) in [4.78, 5) is 23.1. The van der Waals surface area contributed by atoms with Crippen molar-refractivity contribution in [3.05, 3.63) is 29.6 Å². The molecule has 1 aromatic carbocycles. The van der Waals surface area contributed by atoms with E-state index in [4.69, 9.17) is 5.11 Å². The molecule has 0 aliphatic rings. The van der Waals surface area contributed by atoms with Gasteiger partial charge in [-0.1, -0.05) is 20.8 Å². The van der Waals surface area contributed by atoms with Crippen molar-refractivity contribution in [1.82, 2.24) is 5.32 Å². The summed E-state index contributed by atoms with van der Waals surface area (Å²) in [5.74, 6) is -1.83. The summed E-state index contributed by atoms with van der Waals surface area (Å²) in [6.45, 7) is 5.91. The van der Waals surface area contributed by atoms with Gasteiger partial charge in [0, 0.05) is 5.54 Å². The lowest BCUT2D eigenvalue weighted by molar-refractivity contribution is 0.0698. The number of hydrogen-bond acceptors (Lipinski definition) is 2. The second-order valence-electron chi connectivity index (χ2n) is 4.92. The number of carbonyl (C=O) groups excluding carboxylic acids is 1. The molecule has 0 fully saturated rings. The van der Waals surface area contributed by atoms with Crippen LogP contribution in [0.15, 0.2) is 18.2 Å². The predicted octanol–water partition coefficient (Wildman–Crippen LogP) is 3.61. The molecule has 0 saturated carbocycles. The van der Waals surface area contributed by atoms with Crippen LogP contribution in [0.25, 0.3) is 0 Å².